The molecule has 1 aromatic carbocycles. The maximum atomic E-state index is 12.7. The van der Waals surface area contributed by atoms with E-state index in [1.807, 2.05) is 11.0 Å². The van der Waals surface area contributed by atoms with Crippen LogP contribution >= 0.6 is 0 Å². The molecule has 8 heteroatoms. The number of carbonyl (C=O) groups excluding carboxylic acids is 1. The Morgan fingerprint density at radius 3 is 2.43 bits per heavy atom. The van der Waals surface area contributed by atoms with Crippen molar-refractivity contribution in [3.05, 3.63) is 42.1 Å². The van der Waals surface area contributed by atoms with Gasteiger partial charge in [-0.2, -0.15) is 0 Å². The fourth-order valence-electron chi connectivity index (χ4n) is 4.55. The number of aromatic nitrogens is 1. The van der Waals surface area contributed by atoms with Gasteiger partial charge in [0.2, 0.25) is 5.91 Å². The summed E-state index contributed by atoms with van der Waals surface area (Å²) in [5, 5.41) is 22.8. The van der Waals surface area contributed by atoms with Crippen LogP contribution in [-0.2, 0) is 14.4 Å². The average Bonchev–Trinajstić information content (AvgIpc) is 3.38. The summed E-state index contributed by atoms with van der Waals surface area (Å²) in [7, 11) is 0. The molecule has 0 radical (unpaired) electrons. The van der Waals surface area contributed by atoms with E-state index >= 15 is 0 Å². The van der Waals surface area contributed by atoms with Gasteiger partial charge in [0.15, 0.2) is 0 Å². The van der Waals surface area contributed by atoms with E-state index in [1.165, 1.54) is 0 Å². The van der Waals surface area contributed by atoms with Crippen LogP contribution in [-0.4, -0.2) is 51.0 Å². The second kappa shape index (κ2) is 8.31. The lowest BCUT2D eigenvalue weighted by Crippen LogP contribution is -2.34. The Hall–Kier alpha value is -3.13. The predicted molar refractivity (Wildman–Crippen MR) is 111 cm³/mol. The molecule has 158 valence electrons. The Morgan fingerprint density at radius 2 is 1.77 bits per heavy atom. The molecule has 0 saturated carbocycles. The summed E-state index contributed by atoms with van der Waals surface area (Å²) >= 11 is 0. The van der Waals surface area contributed by atoms with Crippen LogP contribution in [0.2, 0.25) is 0 Å². The SMILES string of the molecule is O=C(O)[C@H]1CC=CC[C@H]1C(=O)Nc1ccc2c([C@@H](C(=O)O)N3CCCC3)c[nH]c2c1. The van der Waals surface area contributed by atoms with Crippen molar-refractivity contribution in [2.24, 2.45) is 11.8 Å². The van der Waals surface area contributed by atoms with Crippen LogP contribution in [0.1, 0.15) is 37.3 Å². The predicted octanol–water partition coefficient (Wildman–Crippen LogP) is 2.99. The number of carbonyl (C=O) groups is 3. The molecule has 1 fully saturated rings. The molecule has 30 heavy (non-hydrogen) atoms. The van der Waals surface area contributed by atoms with E-state index in [4.69, 9.17) is 0 Å². The van der Waals surface area contributed by atoms with Crippen molar-refractivity contribution in [2.75, 3.05) is 18.4 Å². The third-order valence-corrected chi connectivity index (χ3v) is 6.10. The number of rotatable bonds is 6. The van der Waals surface area contributed by atoms with Gasteiger partial charge in [0.25, 0.3) is 0 Å². The third-order valence-electron chi connectivity index (χ3n) is 6.10. The molecule has 1 aromatic heterocycles. The summed E-state index contributed by atoms with van der Waals surface area (Å²) in [4.78, 5) is 41.2. The standard InChI is InChI=1S/C22H25N3O5/c26-20(15-5-1-2-6-16(15)21(27)28)24-13-7-8-14-17(12-23-18(14)11-13)19(22(29)30)25-9-3-4-10-25/h1-2,7-8,11-12,15-16,19,23H,3-6,9-10H2,(H,24,26)(H,27,28)(H,29,30)/t15-,16+,19+/m1/s1. The summed E-state index contributed by atoms with van der Waals surface area (Å²) in [6.07, 6.45) is 8.10. The van der Waals surface area contributed by atoms with Gasteiger partial charge in [0.05, 0.1) is 11.8 Å². The van der Waals surface area contributed by atoms with Crippen molar-refractivity contribution in [1.82, 2.24) is 9.88 Å². The van der Waals surface area contributed by atoms with Crippen LogP contribution < -0.4 is 5.32 Å². The van der Waals surface area contributed by atoms with Gasteiger partial charge in [-0.1, -0.05) is 18.2 Å². The van der Waals surface area contributed by atoms with Crippen LogP contribution in [0.5, 0.6) is 0 Å². The number of anilines is 1. The summed E-state index contributed by atoms with van der Waals surface area (Å²) in [6.45, 7) is 1.52. The van der Waals surface area contributed by atoms with E-state index in [0.29, 0.717) is 24.1 Å². The zero-order valence-corrected chi connectivity index (χ0v) is 16.5. The van der Waals surface area contributed by atoms with Crippen LogP contribution in [0.15, 0.2) is 36.5 Å². The van der Waals surface area contributed by atoms with Crippen LogP contribution in [0, 0.1) is 11.8 Å². The highest BCUT2D eigenvalue weighted by molar-refractivity contribution is 5.98. The number of amides is 1. The van der Waals surface area contributed by atoms with Crippen molar-refractivity contribution in [1.29, 1.82) is 0 Å². The molecular weight excluding hydrogens is 386 g/mol. The second-order valence-corrected chi connectivity index (χ2v) is 7.97. The number of aliphatic carboxylic acids is 2. The molecule has 3 atom stereocenters. The first kappa shape index (κ1) is 20.2. The van der Waals surface area contributed by atoms with Gasteiger partial charge in [-0.15, -0.1) is 0 Å². The zero-order chi connectivity index (χ0) is 21.3. The number of fused-ring (bicyclic) bond motifs is 1. The minimum atomic E-state index is -0.967. The van der Waals surface area contributed by atoms with Crippen molar-refractivity contribution in [2.45, 2.75) is 31.7 Å². The Bertz CT molecular complexity index is 1010. The lowest BCUT2D eigenvalue weighted by Gasteiger charge is -2.24. The third kappa shape index (κ3) is 3.82. The maximum absolute atomic E-state index is 12.7. The van der Waals surface area contributed by atoms with E-state index in [1.54, 1.807) is 30.5 Å². The van der Waals surface area contributed by atoms with Crippen LogP contribution in [0.25, 0.3) is 10.9 Å². The normalized spacial score (nSPS) is 22.8. The summed E-state index contributed by atoms with van der Waals surface area (Å²) < 4.78 is 0. The summed E-state index contributed by atoms with van der Waals surface area (Å²) in [5.74, 6) is -3.51. The van der Waals surface area contributed by atoms with E-state index in [9.17, 15) is 24.6 Å². The minimum absolute atomic E-state index is 0.321. The van der Waals surface area contributed by atoms with Gasteiger partial charge in [-0.3, -0.25) is 19.3 Å². The highest BCUT2D eigenvalue weighted by Crippen LogP contribution is 2.33. The number of H-pyrrole nitrogens is 1. The number of allylic oxidation sites excluding steroid dienone is 2. The van der Waals surface area contributed by atoms with Gasteiger partial charge in [-0.05, 0) is 50.9 Å². The first-order valence-electron chi connectivity index (χ1n) is 10.2. The van der Waals surface area contributed by atoms with E-state index in [0.717, 1.165) is 36.8 Å². The molecule has 0 bridgehead atoms. The fraction of sp³-hybridized carbons (Fsp3) is 0.409. The molecule has 8 nitrogen and oxygen atoms in total. The van der Waals surface area contributed by atoms with Gasteiger partial charge in [-0.25, -0.2) is 0 Å². The maximum Gasteiger partial charge on any atom is 0.325 e. The molecule has 2 heterocycles. The second-order valence-electron chi connectivity index (χ2n) is 7.97. The Morgan fingerprint density at radius 1 is 1.07 bits per heavy atom. The number of carboxylic acid groups (broad SMARTS) is 2. The van der Waals surface area contributed by atoms with Crippen LogP contribution in [0.3, 0.4) is 0 Å². The molecule has 1 aliphatic carbocycles. The smallest absolute Gasteiger partial charge is 0.325 e. The van der Waals surface area contributed by atoms with E-state index < -0.39 is 29.8 Å². The molecule has 4 N–H and O–H groups in total. The Labute approximate surface area is 173 Å². The Kier molecular flexibility index (Phi) is 5.59. The van der Waals surface area contributed by atoms with Crippen molar-refractivity contribution in [3.63, 3.8) is 0 Å². The molecule has 0 spiro atoms. The first-order chi connectivity index (χ1) is 14.5. The van der Waals surface area contributed by atoms with Gasteiger partial charge in [0, 0.05) is 28.4 Å². The number of hydrogen-bond acceptors (Lipinski definition) is 4. The minimum Gasteiger partial charge on any atom is -0.481 e. The average molecular weight is 411 g/mol. The number of nitrogens with zero attached hydrogens (tertiary/aromatic N) is 1. The number of aromatic amines is 1. The quantitative estimate of drug-likeness (QED) is 0.542. The highest BCUT2D eigenvalue weighted by atomic mass is 16.4. The molecule has 0 unspecified atom stereocenters. The van der Waals surface area contributed by atoms with Crippen molar-refractivity contribution < 1.29 is 24.6 Å². The van der Waals surface area contributed by atoms with E-state index in [-0.39, 0.29) is 5.91 Å². The number of benzene rings is 1. The molecule has 2 aliphatic rings. The summed E-state index contributed by atoms with van der Waals surface area (Å²) in [6, 6.07) is 4.59. The highest BCUT2D eigenvalue weighted by Gasteiger charge is 2.34. The van der Waals surface area contributed by atoms with Gasteiger partial charge in [0.1, 0.15) is 6.04 Å². The molecular formula is C22H25N3O5. The molecule has 2 aromatic rings. The summed E-state index contributed by atoms with van der Waals surface area (Å²) in [5.41, 5.74) is 1.99. The molecule has 1 amide bonds. The van der Waals surface area contributed by atoms with Gasteiger partial charge < -0.3 is 20.5 Å². The zero-order valence-electron chi connectivity index (χ0n) is 16.5. The number of hydrogen-bond donors (Lipinski definition) is 4. The lowest BCUT2D eigenvalue weighted by molar-refractivity contribution is -0.146. The number of nitrogens with one attached hydrogen (secondary N) is 2. The first-order valence-corrected chi connectivity index (χ1v) is 10.2. The van der Waals surface area contributed by atoms with Crippen molar-refractivity contribution >= 4 is 34.4 Å². The molecule has 1 aliphatic heterocycles. The Balaban J connectivity index is 1.56. The van der Waals surface area contributed by atoms with Gasteiger partial charge >= 0.3 is 11.9 Å². The number of carboxylic acids is 2. The topological polar surface area (TPSA) is 123 Å². The van der Waals surface area contributed by atoms with Crippen LogP contribution in [0.4, 0.5) is 5.69 Å². The fourth-order valence-corrected chi connectivity index (χ4v) is 4.55. The monoisotopic (exact) mass is 411 g/mol. The number of likely N-dealkylation sites (tertiary alicyclic amines) is 1. The van der Waals surface area contributed by atoms with E-state index in [2.05, 4.69) is 10.3 Å². The largest absolute Gasteiger partial charge is 0.481 e. The molecule has 4 rings (SSSR count). The van der Waals surface area contributed by atoms with Crippen molar-refractivity contribution in [3.8, 4) is 0 Å². The lowest BCUT2D eigenvalue weighted by atomic mass is 9.82. The molecule has 1 saturated heterocycles.